The summed E-state index contributed by atoms with van der Waals surface area (Å²) in [5.41, 5.74) is 0. The standard InChI is InChI=1S/C15H26N2S.2ClH/c1-4-12(3)15(17-10-8-16-9-11-17)14-7-6-13(5-2)18-14;;/h6-7,12,15-16H,4-5,8-11H2,1-3H3;2*1H/t12?,15-;;/m1../s1. The number of halogens is 2. The van der Waals surface area contributed by atoms with E-state index in [4.69, 9.17) is 0 Å². The van der Waals surface area contributed by atoms with E-state index in [2.05, 4.69) is 43.1 Å². The van der Waals surface area contributed by atoms with Crippen molar-refractivity contribution in [3.05, 3.63) is 21.9 Å². The van der Waals surface area contributed by atoms with Crippen LogP contribution in [0.25, 0.3) is 0 Å². The molecule has 1 N–H and O–H groups in total. The average molecular weight is 339 g/mol. The highest BCUT2D eigenvalue weighted by molar-refractivity contribution is 7.12. The molecular weight excluding hydrogens is 311 g/mol. The SMILES string of the molecule is CCc1ccc([C@@H](C(C)CC)N2CCNCC2)s1.Cl.Cl. The van der Waals surface area contributed by atoms with E-state index in [1.165, 1.54) is 30.8 Å². The molecule has 0 spiro atoms. The first-order valence-electron chi connectivity index (χ1n) is 7.29. The predicted octanol–water partition coefficient (Wildman–Crippen LogP) is 4.15. The summed E-state index contributed by atoms with van der Waals surface area (Å²) < 4.78 is 0. The zero-order valence-corrected chi connectivity index (χ0v) is 15.2. The fraction of sp³-hybridized carbons (Fsp3) is 0.733. The number of nitrogens with one attached hydrogen (secondary N) is 1. The highest BCUT2D eigenvalue weighted by atomic mass is 35.5. The maximum atomic E-state index is 3.46. The fourth-order valence-electron chi connectivity index (χ4n) is 2.75. The van der Waals surface area contributed by atoms with E-state index in [-0.39, 0.29) is 24.8 Å². The molecule has 2 rings (SSSR count). The third-order valence-electron chi connectivity index (χ3n) is 4.05. The van der Waals surface area contributed by atoms with Crippen LogP contribution >= 0.6 is 36.2 Å². The number of aryl methyl sites for hydroxylation is 1. The fourth-order valence-corrected chi connectivity index (χ4v) is 3.97. The molecule has 0 aromatic carbocycles. The molecule has 1 aliphatic heterocycles. The first kappa shape index (κ1) is 20.2. The Labute approximate surface area is 140 Å². The Hall–Kier alpha value is 0.200. The minimum absolute atomic E-state index is 0. The van der Waals surface area contributed by atoms with Crippen molar-refractivity contribution in [1.29, 1.82) is 0 Å². The molecule has 2 atom stereocenters. The van der Waals surface area contributed by atoms with Crippen molar-refractivity contribution in [2.24, 2.45) is 5.92 Å². The van der Waals surface area contributed by atoms with Gasteiger partial charge in [0.1, 0.15) is 0 Å². The topological polar surface area (TPSA) is 15.3 Å². The summed E-state index contributed by atoms with van der Waals surface area (Å²) in [5.74, 6) is 0.742. The summed E-state index contributed by atoms with van der Waals surface area (Å²) in [6, 6.07) is 5.31. The van der Waals surface area contributed by atoms with Gasteiger partial charge in [0.25, 0.3) is 0 Å². The van der Waals surface area contributed by atoms with E-state index >= 15 is 0 Å². The average Bonchev–Trinajstić information content (AvgIpc) is 2.88. The van der Waals surface area contributed by atoms with Crippen molar-refractivity contribution in [2.45, 2.75) is 39.7 Å². The van der Waals surface area contributed by atoms with Gasteiger partial charge in [-0.05, 0) is 24.5 Å². The number of rotatable bonds is 5. The number of piperazine rings is 1. The summed E-state index contributed by atoms with van der Waals surface area (Å²) in [6.45, 7) is 11.6. The summed E-state index contributed by atoms with van der Waals surface area (Å²) in [4.78, 5) is 5.77. The Kier molecular flexibility index (Phi) is 10.1. The van der Waals surface area contributed by atoms with Crippen LogP contribution in [0.4, 0.5) is 0 Å². The van der Waals surface area contributed by atoms with Crippen molar-refractivity contribution < 1.29 is 0 Å². The van der Waals surface area contributed by atoms with Gasteiger partial charge in [-0.25, -0.2) is 0 Å². The Bertz CT molecular complexity index is 365. The molecule has 0 aliphatic carbocycles. The van der Waals surface area contributed by atoms with Gasteiger partial charge < -0.3 is 5.32 Å². The number of hydrogen-bond donors (Lipinski definition) is 1. The maximum absolute atomic E-state index is 3.46. The lowest BCUT2D eigenvalue weighted by atomic mass is 9.95. The molecule has 118 valence electrons. The highest BCUT2D eigenvalue weighted by Crippen LogP contribution is 2.35. The van der Waals surface area contributed by atoms with Gasteiger partial charge >= 0.3 is 0 Å². The van der Waals surface area contributed by atoms with Crippen LogP contribution in [0.1, 0.15) is 43.0 Å². The van der Waals surface area contributed by atoms with Crippen molar-refractivity contribution in [2.75, 3.05) is 26.2 Å². The predicted molar refractivity (Wildman–Crippen MR) is 94.8 cm³/mol. The number of nitrogens with zero attached hydrogens (tertiary/aromatic N) is 1. The van der Waals surface area contributed by atoms with Crippen LogP contribution in [0.2, 0.25) is 0 Å². The number of thiophene rings is 1. The van der Waals surface area contributed by atoms with Crippen LogP contribution in [0.5, 0.6) is 0 Å². The van der Waals surface area contributed by atoms with Crippen LogP contribution in [0.15, 0.2) is 12.1 Å². The molecule has 0 bridgehead atoms. The van der Waals surface area contributed by atoms with Gasteiger partial charge in [0.2, 0.25) is 0 Å². The van der Waals surface area contributed by atoms with E-state index in [9.17, 15) is 0 Å². The maximum Gasteiger partial charge on any atom is 0.0468 e. The molecule has 1 aliphatic rings. The van der Waals surface area contributed by atoms with Crippen molar-refractivity contribution >= 4 is 36.2 Å². The lowest BCUT2D eigenvalue weighted by molar-refractivity contribution is 0.131. The third kappa shape index (κ3) is 4.88. The molecule has 1 aromatic heterocycles. The van der Waals surface area contributed by atoms with E-state index < -0.39 is 0 Å². The summed E-state index contributed by atoms with van der Waals surface area (Å²) in [6.07, 6.45) is 2.42. The largest absolute Gasteiger partial charge is 0.314 e. The van der Waals surface area contributed by atoms with E-state index in [0.717, 1.165) is 19.0 Å². The second kappa shape index (κ2) is 10.0. The Morgan fingerprint density at radius 3 is 2.35 bits per heavy atom. The molecule has 5 heteroatoms. The van der Waals surface area contributed by atoms with Gasteiger partial charge in [0, 0.05) is 42.0 Å². The molecular formula is C15H28Cl2N2S. The molecule has 1 fully saturated rings. The van der Waals surface area contributed by atoms with Gasteiger partial charge in [-0.15, -0.1) is 36.2 Å². The molecule has 0 amide bonds. The third-order valence-corrected chi connectivity index (χ3v) is 5.35. The van der Waals surface area contributed by atoms with Gasteiger partial charge in [-0.1, -0.05) is 27.2 Å². The Morgan fingerprint density at radius 1 is 1.20 bits per heavy atom. The first-order chi connectivity index (χ1) is 8.76. The second-order valence-corrected chi connectivity index (χ2v) is 6.47. The van der Waals surface area contributed by atoms with Crippen molar-refractivity contribution in [1.82, 2.24) is 10.2 Å². The van der Waals surface area contributed by atoms with E-state index in [1.807, 2.05) is 11.3 Å². The van der Waals surface area contributed by atoms with Gasteiger partial charge in [0.15, 0.2) is 0 Å². The Balaban J connectivity index is 0.00000180. The Morgan fingerprint density at radius 2 is 1.85 bits per heavy atom. The molecule has 2 nitrogen and oxygen atoms in total. The molecule has 0 saturated carbocycles. The van der Waals surface area contributed by atoms with E-state index in [1.54, 1.807) is 4.88 Å². The quantitative estimate of drug-likeness (QED) is 0.867. The minimum atomic E-state index is 0. The monoisotopic (exact) mass is 338 g/mol. The van der Waals surface area contributed by atoms with Crippen LogP contribution in [-0.4, -0.2) is 31.1 Å². The van der Waals surface area contributed by atoms with Crippen LogP contribution in [0.3, 0.4) is 0 Å². The summed E-state index contributed by atoms with van der Waals surface area (Å²) in [5, 5.41) is 3.46. The minimum Gasteiger partial charge on any atom is -0.314 e. The first-order valence-corrected chi connectivity index (χ1v) is 8.11. The van der Waals surface area contributed by atoms with Crippen LogP contribution in [-0.2, 0) is 6.42 Å². The molecule has 2 heterocycles. The molecule has 1 unspecified atom stereocenters. The van der Waals surface area contributed by atoms with Crippen LogP contribution < -0.4 is 5.32 Å². The zero-order valence-electron chi connectivity index (χ0n) is 12.7. The molecule has 1 saturated heterocycles. The number of hydrogen-bond acceptors (Lipinski definition) is 3. The van der Waals surface area contributed by atoms with E-state index in [0.29, 0.717) is 6.04 Å². The van der Waals surface area contributed by atoms with Crippen molar-refractivity contribution in [3.63, 3.8) is 0 Å². The molecule has 1 aromatic rings. The lowest BCUT2D eigenvalue weighted by Gasteiger charge is -2.37. The second-order valence-electron chi connectivity index (χ2n) is 5.27. The zero-order chi connectivity index (χ0) is 13.0. The molecule has 20 heavy (non-hydrogen) atoms. The molecule has 0 radical (unpaired) electrons. The normalized spacial score (nSPS) is 18.8. The van der Waals surface area contributed by atoms with Gasteiger partial charge in [-0.2, -0.15) is 0 Å². The smallest absolute Gasteiger partial charge is 0.0468 e. The summed E-state index contributed by atoms with van der Waals surface area (Å²) >= 11 is 2.02. The lowest BCUT2D eigenvalue weighted by Crippen LogP contribution is -2.46. The summed E-state index contributed by atoms with van der Waals surface area (Å²) in [7, 11) is 0. The highest BCUT2D eigenvalue weighted by Gasteiger charge is 2.27. The van der Waals surface area contributed by atoms with Crippen LogP contribution in [0, 0.1) is 5.92 Å². The van der Waals surface area contributed by atoms with Gasteiger partial charge in [0.05, 0.1) is 0 Å². The van der Waals surface area contributed by atoms with Crippen molar-refractivity contribution in [3.8, 4) is 0 Å². The van der Waals surface area contributed by atoms with Gasteiger partial charge in [-0.3, -0.25) is 4.90 Å².